The molecule has 0 unspecified atom stereocenters. The van der Waals surface area contributed by atoms with Gasteiger partial charge in [-0.15, -0.1) is 0 Å². The van der Waals surface area contributed by atoms with Crippen molar-refractivity contribution in [2.45, 2.75) is 6.92 Å². The lowest BCUT2D eigenvalue weighted by molar-refractivity contribution is -0.384. The Bertz CT molecular complexity index is 811. The lowest BCUT2D eigenvalue weighted by atomic mass is 10.1. The fourth-order valence-corrected chi connectivity index (χ4v) is 2.23. The number of para-hydroxylation sites is 1. The van der Waals surface area contributed by atoms with Gasteiger partial charge in [0.25, 0.3) is 11.6 Å². The zero-order chi connectivity index (χ0) is 17.0. The summed E-state index contributed by atoms with van der Waals surface area (Å²) in [6, 6.07) is 12.4. The Hall–Kier alpha value is -3.40. The van der Waals surface area contributed by atoms with Crippen LogP contribution < -0.4 is 10.6 Å². The van der Waals surface area contributed by atoms with Crippen LogP contribution in [0, 0.1) is 21.4 Å². The number of amides is 1. The summed E-state index contributed by atoms with van der Waals surface area (Å²) in [6.45, 7) is 1.93. The Kier molecular flexibility index (Phi) is 4.57. The van der Waals surface area contributed by atoms with Crippen molar-refractivity contribution in [3.05, 3.63) is 63.7 Å². The Morgan fingerprint density at radius 1 is 1.35 bits per heavy atom. The summed E-state index contributed by atoms with van der Waals surface area (Å²) >= 11 is 0. The molecule has 7 heteroatoms. The number of carbonyl (C=O) groups excluding carboxylic acids is 1. The van der Waals surface area contributed by atoms with Crippen LogP contribution in [0.2, 0.25) is 0 Å². The number of hydrogen-bond donors (Lipinski definition) is 1. The van der Waals surface area contributed by atoms with E-state index in [1.165, 1.54) is 17.0 Å². The zero-order valence-electron chi connectivity index (χ0n) is 12.4. The molecule has 0 radical (unpaired) electrons. The minimum Gasteiger partial charge on any atom is -0.398 e. The van der Waals surface area contributed by atoms with Crippen molar-refractivity contribution < 1.29 is 9.72 Å². The van der Waals surface area contributed by atoms with E-state index in [0.717, 1.165) is 6.07 Å². The summed E-state index contributed by atoms with van der Waals surface area (Å²) in [6.07, 6.45) is 0. The van der Waals surface area contributed by atoms with Gasteiger partial charge in [-0.2, -0.15) is 5.26 Å². The van der Waals surface area contributed by atoms with Crippen LogP contribution in [0.3, 0.4) is 0 Å². The summed E-state index contributed by atoms with van der Waals surface area (Å²) in [7, 11) is 0. The van der Waals surface area contributed by atoms with Gasteiger partial charge in [-0.1, -0.05) is 12.1 Å². The molecule has 0 aliphatic heterocycles. The second kappa shape index (κ2) is 6.58. The maximum Gasteiger partial charge on any atom is 0.294 e. The lowest BCUT2D eigenvalue weighted by Gasteiger charge is -2.21. The molecule has 0 atom stereocenters. The lowest BCUT2D eigenvalue weighted by Crippen LogP contribution is -2.31. The molecule has 0 saturated carbocycles. The molecule has 2 aromatic carbocycles. The van der Waals surface area contributed by atoms with Crippen LogP contribution >= 0.6 is 0 Å². The molecular weight excluding hydrogens is 296 g/mol. The SMILES string of the molecule is CCN(C(=O)c1ccccc1N)c1ccc(C#N)cc1[N+](=O)[O-]. The standard InChI is InChI=1S/C16H14N4O3/c1-2-19(16(21)12-5-3-4-6-13(12)18)14-8-7-11(10-17)9-15(14)20(22)23/h3-9H,2,18H2,1H3. The minimum absolute atomic E-state index is 0.129. The van der Waals surface area contributed by atoms with Gasteiger partial charge in [0.15, 0.2) is 0 Å². The molecule has 2 N–H and O–H groups in total. The normalized spacial score (nSPS) is 9.91. The third kappa shape index (κ3) is 3.11. The van der Waals surface area contributed by atoms with Crippen molar-refractivity contribution in [3.8, 4) is 6.07 Å². The number of anilines is 2. The largest absolute Gasteiger partial charge is 0.398 e. The number of nitrogen functional groups attached to an aromatic ring is 1. The van der Waals surface area contributed by atoms with E-state index in [-0.39, 0.29) is 29.0 Å². The van der Waals surface area contributed by atoms with Crippen LogP contribution in [0.5, 0.6) is 0 Å². The smallest absolute Gasteiger partial charge is 0.294 e. The van der Waals surface area contributed by atoms with Crippen LogP contribution in [0.25, 0.3) is 0 Å². The Morgan fingerprint density at radius 2 is 2.04 bits per heavy atom. The number of rotatable bonds is 4. The molecule has 1 amide bonds. The molecule has 7 nitrogen and oxygen atoms in total. The zero-order valence-corrected chi connectivity index (χ0v) is 12.4. The Balaban J connectivity index is 2.54. The highest BCUT2D eigenvalue weighted by molar-refractivity contribution is 6.10. The quantitative estimate of drug-likeness (QED) is 0.530. The van der Waals surface area contributed by atoms with E-state index in [1.54, 1.807) is 31.2 Å². The van der Waals surface area contributed by atoms with Gasteiger partial charge >= 0.3 is 0 Å². The maximum absolute atomic E-state index is 12.7. The summed E-state index contributed by atoms with van der Waals surface area (Å²) in [5.74, 6) is -0.432. The number of hydrogen-bond acceptors (Lipinski definition) is 5. The van der Waals surface area contributed by atoms with Gasteiger partial charge in [-0.05, 0) is 31.2 Å². The average molecular weight is 310 g/mol. The summed E-state index contributed by atoms with van der Waals surface area (Å²) in [5, 5.41) is 20.2. The molecule has 0 fully saturated rings. The highest BCUT2D eigenvalue weighted by atomic mass is 16.6. The molecule has 2 rings (SSSR count). The average Bonchev–Trinajstić information content (AvgIpc) is 2.55. The van der Waals surface area contributed by atoms with E-state index in [4.69, 9.17) is 11.0 Å². The van der Waals surface area contributed by atoms with Gasteiger partial charge in [0, 0.05) is 18.3 Å². The molecule has 2 aromatic rings. The highest BCUT2D eigenvalue weighted by Crippen LogP contribution is 2.30. The molecule has 0 aromatic heterocycles. The fraction of sp³-hybridized carbons (Fsp3) is 0.125. The Morgan fingerprint density at radius 3 is 2.61 bits per heavy atom. The fourth-order valence-electron chi connectivity index (χ4n) is 2.23. The number of nitriles is 1. The second-order valence-electron chi connectivity index (χ2n) is 4.71. The van der Waals surface area contributed by atoms with Gasteiger partial charge in [0.1, 0.15) is 5.69 Å². The first-order valence-electron chi connectivity index (χ1n) is 6.84. The molecule has 0 heterocycles. The van der Waals surface area contributed by atoms with Crippen LogP contribution in [-0.4, -0.2) is 17.4 Å². The van der Waals surface area contributed by atoms with Crippen LogP contribution in [0.15, 0.2) is 42.5 Å². The van der Waals surface area contributed by atoms with E-state index < -0.39 is 10.8 Å². The predicted octanol–water partition coefficient (Wildman–Crippen LogP) is 2.72. The number of nitrogens with zero attached hydrogens (tertiary/aromatic N) is 3. The highest BCUT2D eigenvalue weighted by Gasteiger charge is 2.25. The number of nitro groups is 1. The molecule has 0 bridgehead atoms. The molecular formula is C16H14N4O3. The van der Waals surface area contributed by atoms with Gasteiger partial charge in [-0.3, -0.25) is 14.9 Å². The van der Waals surface area contributed by atoms with Crippen molar-refractivity contribution in [1.82, 2.24) is 0 Å². The molecule has 23 heavy (non-hydrogen) atoms. The number of nitro benzene ring substituents is 1. The van der Waals surface area contributed by atoms with E-state index in [1.807, 2.05) is 6.07 Å². The molecule has 0 saturated heterocycles. The number of carbonyl (C=O) groups is 1. The summed E-state index contributed by atoms with van der Waals surface area (Å²) in [4.78, 5) is 24.6. The minimum atomic E-state index is -0.611. The third-order valence-electron chi connectivity index (χ3n) is 3.34. The molecule has 0 spiro atoms. The first-order valence-corrected chi connectivity index (χ1v) is 6.84. The van der Waals surface area contributed by atoms with E-state index in [0.29, 0.717) is 5.69 Å². The summed E-state index contributed by atoms with van der Waals surface area (Å²) < 4.78 is 0. The molecule has 0 aliphatic carbocycles. The third-order valence-corrected chi connectivity index (χ3v) is 3.34. The molecule has 0 aliphatic rings. The van der Waals surface area contributed by atoms with Gasteiger partial charge < -0.3 is 10.6 Å². The van der Waals surface area contributed by atoms with E-state index in [2.05, 4.69) is 0 Å². The van der Waals surface area contributed by atoms with Gasteiger partial charge in [0.2, 0.25) is 0 Å². The Labute approximate surface area is 132 Å². The van der Waals surface area contributed by atoms with Crippen molar-refractivity contribution in [3.63, 3.8) is 0 Å². The van der Waals surface area contributed by atoms with Crippen LogP contribution in [0.4, 0.5) is 17.1 Å². The van der Waals surface area contributed by atoms with Gasteiger partial charge in [-0.25, -0.2) is 0 Å². The second-order valence-corrected chi connectivity index (χ2v) is 4.71. The monoisotopic (exact) mass is 310 g/mol. The first kappa shape index (κ1) is 16.0. The number of nitrogens with two attached hydrogens (primary N) is 1. The van der Waals surface area contributed by atoms with E-state index >= 15 is 0 Å². The number of benzene rings is 2. The topological polar surface area (TPSA) is 113 Å². The maximum atomic E-state index is 12.7. The predicted molar refractivity (Wildman–Crippen MR) is 86.0 cm³/mol. The van der Waals surface area contributed by atoms with Gasteiger partial charge in [0.05, 0.1) is 22.1 Å². The van der Waals surface area contributed by atoms with Crippen molar-refractivity contribution in [2.75, 3.05) is 17.2 Å². The first-order chi connectivity index (χ1) is 11.0. The van der Waals surface area contributed by atoms with Crippen molar-refractivity contribution in [1.29, 1.82) is 5.26 Å². The van der Waals surface area contributed by atoms with Crippen LogP contribution in [-0.2, 0) is 0 Å². The van der Waals surface area contributed by atoms with E-state index in [9.17, 15) is 14.9 Å². The molecule has 116 valence electrons. The van der Waals surface area contributed by atoms with Crippen molar-refractivity contribution >= 4 is 23.0 Å². The summed E-state index contributed by atoms with van der Waals surface area (Å²) in [5.41, 5.74) is 6.37. The van der Waals surface area contributed by atoms with Crippen LogP contribution in [0.1, 0.15) is 22.8 Å². The van der Waals surface area contributed by atoms with Crippen molar-refractivity contribution in [2.24, 2.45) is 0 Å².